The summed E-state index contributed by atoms with van der Waals surface area (Å²) in [7, 11) is 0. The molecule has 10 nitrogen and oxygen atoms in total. The lowest BCUT2D eigenvalue weighted by Gasteiger charge is -2.44. The lowest BCUT2D eigenvalue weighted by atomic mass is 9.97. The lowest BCUT2D eigenvalue weighted by molar-refractivity contribution is 0.0647. The minimum atomic E-state index is -0.936. The van der Waals surface area contributed by atoms with Gasteiger partial charge in [0.25, 0.3) is 0 Å². The Hall–Kier alpha value is -4.51. The molecule has 12 heteroatoms. The molecule has 1 aliphatic heterocycles. The van der Waals surface area contributed by atoms with Crippen molar-refractivity contribution < 1.29 is 24.2 Å². The van der Waals surface area contributed by atoms with Crippen LogP contribution in [0.2, 0.25) is 5.02 Å². The number of phenolic OH excluding ortho intramolecular Hbond substituents is 1. The van der Waals surface area contributed by atoms with Crippen LogP contribution in [0.4, 0.5) is 26.4 Å². The van der Waals surface area contributed by atoms with Gasteiger partial charge >= 0.3 is 6.09 Å². The van der Waals surface area contributed by atoms with Crippen LogP contribution in [0.15, 0.2) is 48.8 Å². The second kappa shape index (κ2) is 12.2. The monoisotopic (exact) mass is 620 g/mol. The number of aromatic nitrogens is 3. The first kappa shape index (κ1) is 30.9. The van der Waals surface area contributed by atoms with Crippen LogP contribution in [-0.2, 0) is 0 Å². The Labute approximate surface area is 259 Å². The van der Waals surface area contributed by atoms with Crippen LogP contribution < -0.4 is 10.2 Å². The zero-order valence-electron chi connectivity index (χ0n) is 24.9. The maximum absolute atomic E-state index is 14.3. The Kier molecular flexibility index (Phi) is 8.60. The molecule has 1 atom stereocenters. The second-order valence-electron chi connectivity index (χ2n) is 11.8. The van der Waals surface area contributed by atoms with E-state index in [2.05, 4.69) is 20.2 Å². The molecule has 44 heavy (non-hydrogen) atoms. The predicted octanol–water partition coefficient (Wildman–Crippen LogP) is 7.27. The number of amides is 1. The van der Waals surface area contributed by atoms with Crippen molar-refractivity contribution in [2.24, 2.45) is 0 Å². The number of benzene rings is 1. The van der Waals surface area contributed by atoms with Crippen LogP contribution in [0.1, 0.15) is 57.3 Å². The van der Waals surface area contributed by atoms with Crippen LogP contribution >= 0.6 is 11.6 Å². The number of phenols is 1. The van der Waals surface area contributed by atoms with Crippen molar-refractivity contribution in [2.75, 3.05) is 23.3 Å². The van der Waals surface area contributed by atoms with Crippen molar-refractivity contribution in [3.8, 4) is 17.0 Å². The summed E-state index contributed by atoms with van der Waals surface area (Å²) in [5.41, 5.74) is 2.49. The van der Waals surface area contributed by atoms with Gasteiger partial charge in [-0.1, -0.05) is 18.5 Å². The van der Waals surface area contributed by atoms with Crippen molar-refractivity contribution >= 4 is 51.7 Å². The van der Waals surface area contributed by atoms with E-state index in [-0.39, 0.29) is 23.3 Å². The Morgan fingerprint density at radius 3 is 2.57 bits per heavy atom. The molecule has 4 aromatic rings. The molecule has 0 spiro atoms. The molecule has 5 rings (SSSR count). The summed E-state index contributed by atoms with van der Waals surface area (Å²) < 4.78 is 14.3. The highest BCUT2D eigenvalue weighted by molar-refractivity contribution is 6.32. The number of nitrogens with zero attached hydrogens (tertiary/aromatic N) is 5. The lowest BCUT2D eigenvalue weighted by Crippen LogP contribution is -2.57. The summed E-state index contributed by atoms with van der Waals surface area (Å²) in [6, 6.07) is 9.48. The molecule has 1 saturated heterocycles. The van der Waals surface area contributed by atoms with Gasteiger partial charge in [0, 0.05) is 36.8 Å². The fraction of sp³-hybridized carbons (Fsp3) is 0.344. The van der Waals surface area contributed by atoms with Crippen molar-refractivity contribution in [1.82, 2.24) is 19.9 Å². The van der Waals surface area contributed by atoms with Gasteiger partial charge in [0.2, 0.25) is 0 Å². The number of carbonyl (C=O) groups is 2. The number of carboxylic acid groups (broad SMARTS) is 1. The quantitative estimate of drug-likeness (QED) is 0.182. The first-order valence-electron chi connectivity index (χ1n) is 14.4. The molecule has 0 aliphatic carbocycles. The number of carbonyl (C=O) groups excluding carboxylic acids is 1. The molecular formula is C32H34ClFN6O4. The number of nitrogens with one attached hydrogen (secondary N) is 1. The highest BCUT2D eigenvalue weighted by Gasteiger charge is 2.36. The van der Waals surface area contributed by atoms with Crippen molar-refractivity contribution in [1.29, 1.82) is 0 Å². The molecule has 3 N–H and O–H groups in total. The Morgan fingerprint density at radius 1 is 1.16 bits per heavy atom. The van der Waals surface area contributed by atoms with Crippen LogP contribution in [-0.4, -0.2) is 66.6 Å². The van der Waals surface area contributed by atoms with E-state index < -0.39 is 23.2 Å². The van der Waals surface area contributed by atoms with Gasteiger partial charge in [-0.05, 0) is 70.0 Å². The highest BCUT2D eigenvalue weighted by atomic mass is 35.5. The fourth-order valence-electron chi connectivity index (χ4n) is 5.62. The van der Waals surface area contributed by atoms with Gasteiger partial charge in [-0.25, -0.2) is 19.2 Å². The number of halogens is 2. The average molecular weight is 621 g/mol. The van der Waals surface area contributed by atoms with Gasteiger partial charge < -0.3 is 20.4 Å². The number of fused-ring (bicyclic) bond motifs is 1. The molecular weight excluding hydrogens is 587 g/mol. The zero-order chi connectivity index (χ0) is 31.8. The number of rotatable bonds is 7. The molecule has 1 fully saturated rings. The summed E-state index contributed by atoms with van der Waals surface area (Å²) in [5, 5.41) is 22.8. The largest absolute Gasteiger partial charge is 0.504 e. The SMILES string of the molecule is CCC(=O)c1cnc2ccc(-c3cc(F)c(O)c(Cl)c3)nc2c1Nc1ccc(N2CCCC(N(C(=O)O)C(C)(C)C)C2)nc1. The number of piperidine rings is 1. The Morgan fingerprint density at radius 2 is 1.93 bits per heavy atom. The van der Waals surface area contributed by atoms with Gasteiger partial charge in [0.1, 0.15) is 11.3 Å². The normalized spacial score (nSPS) is 15.3. The molecule has 1 amide bonds. The number of pyridine rings is 3. The predicted molar refractivity (Wildman–Crippen MR) is 169 cm³/mol. The number of hydrogen-bond donors (Lipinski definition) is 3. The summed E-state index contributed by atoms with van der Waals surface area (Å²) in [6.45, 7) is 8.74. The maximum Gasteiger partial charge on any atom is 0.408 e. The molecule has 0 saturated carbocycles. The van der Waals surface area contributed by atoms with Crippen LogP contribution in [0.5, 0.6) is 5.75 Å². The zero-order valence-corrected chi connectivity index (χ0v) is 25.7. The summed E-state index contributed by atoms with van der Waals surface area (Å²) in [4.78, 5) is 42.4. The topological polar surface area (TPSA) is 132 Å². The van der Waals surface area contributed by atoms with E-state index in [0.29, 0.717) is 45.8 Å². The molecule has 4 heterocycles. The van der Waals surface area contributed by atoms with Gasteiger partial charge in [0.15, 0.2) is 17.3 Å². The van der Waals surface area contributed by atoms with Crippen molar-refractivity contribution in [3.63, 3.8) is 0 Å². The molecule has 1 unspecified atom stereocenters. The van der Waals surface area contributed by atoms with Gasteiger partial charge in [-0.15, -0.1) is 0 Å². The van der Waals surface area contributed by atoms with Gasteiger partial charge in [-0.3, -0.25) is 14.7 Å². The minimum Gasteiger partial charge on any atom is -0.504 e. The van der Waals surface area contributed by atoms with Crippen LogP contribution in [0, 0.1) is 5.82 Å². The first-order valence-corrected chi connectivity index (χ1v) is 14.8. The molecule has 0 radical (unpaired) electrons. The van der Waals surface area contributed by atoms with Crippen molar-refractivity contribution in [2.45, 2.75) is 58.5 Å². The summed E-state index contributed by atoms with van der Waals surface area (Å²) in [5.74, 6) is -0.935. The number of aromatic hydroxyl groups is 1. The molecule has 230 valence electrons. The number of anilines is 3. The van der Waals surface area contributed by atoms with Gasteiger partial charge in [-0.2, -0.15) is 0 Å². The van der Waals surface area contributed by atoms with E-state index in [1.54, 1.807) is 25.3 Å². The molecule has 1 aliphatic rings. The molecule has 1 aromatic carbocycles. The summed E-state index contributed by atoms with van der Waals surface area (Å²) >= 11 is 6.01. The maximum atomic E-state index is 14.3. The Balaban J connectivity index is 1.47. The number of hydrogen-bond acceptors (Lipinski definition) is 8. The highest BCUT2D eigenvalue weighted by Crippen LogP contribution is 2.35. The smallest absolute Gasteiger partial charge is 0.408 e. The third kappa shape index (κ3) is 6.23. The van der Waals surface area contributed by atoms with E-state index in [9.17, 15) is 24.2 Å². The first-order chi connectivity index (χ1) is 20.9. The van der Waals surface area contributed by atoms with E-state index in [0.717, 1.165) is 31.3 Å². The summed E-state index contributed by atoms with van der Waals surface area (Å²) in [6.07, 6.45) is 4.09. The third-order valence-electron chi connectivity index (χ3n) is 7.68. The Bertz CT molecular complexity index is 1700. The van der Waals surface area contributed by atoms with E-state index in [1.165, 1.54) is 17.2 Å². The van der Waals surface area contributed by atoms with E-state index in [4.69, 9.17) is 16.6 Å². The molecule has 3 aromatic heterocycles. The average Bonchev–Trinajstić information content (AvgIpc) is 2.98. The fourth-order valence-corrected chi connectivity index (χ4v) is 5.83. The number of ketones is 1. The van der Waals surface area contributed by atoms with Crippen molar-refractivity contribution in [3.05, 3.63) is 65.2 Å². The standard InChI is InChI=1S/C32H34ClFN6O4/c1-5-26(41)21-16-35-25-10-9-24(18-13-22(33)30(42)23(34)14-18)38-29(25)28(21)37-19-8-11-27(36-15-19)39-12-6-7-20(17-39)40(31(43)44)32(2,3)4/h8-11,13-16,20,42H,5-7,12,17H2,1-4H3,(H,35,37)(H,43,44). The third-order valence-corrected chi connectivity index (χ3v) is 7.97. The number of Topliss-reactive ketones (excluding diaryl/α,β-unsaturated/α-hetero) is 1. The minimum absolute atomic E-state index is 0.140. The second-order valence-corrected chi connectivity index (χ2v) is 12.2. The molecule has 0 bridgehead atoms. The van der Waals surface area contributed by atoms with Gasteiger partial charge in [0.05, 0.1) is 45.4 Å². The van der Waals surface area contributed by atoms with Crippen LogP contribution in [0.3, 0.4) is 0 Å². The van der Waals surface area contributed by atoms with E-state index in [1.807, 2.05) is 32.9 Å². The van der Waals surface area contributed by atoms with Crippen LogP contribution in [0.25, 0.3) is 22.3 Å². The van der Waals surface area contributed by atoms with E-state index >= 15 is 0 Å².